The quantitative estimate of drug-likeness (QED) is 0.656. The number of nitrogens with one attached hydrogen (secondary N) is 2. The number of nitrogens with two attached hydrogens (primary N) is 1. The van der Waals surface area contributed by atoms with Crippen molar-refractivity contribution < 1.29 is 0 Å². The number of para-hydroxylation sites is 1. The Kier molecular flexibility index (Phi) is 5.02. The predicted molar refractivity (Wildman–Crippen MR) is 107 cm³/mol. The summed E-state index contributed by atoms with van der Waals surface area (Å²) in [6.07, 6.45) is 2.19. The molecule has 0 radical (unpaired) electrons. The molecule has 4 N–H and O–H groups in total. The maximum Gasteiger partial charge on any atom is 0.0992 e. The van der Waals surface area contributed by atoms with Gasteiger partial charge in [-0.2, -0.15) is 5.26 Å². The van der Waals surface area contributed by atoms with Crippen LogP contribution in [0.1, 0.15) is 18.4 Å². The third kappa shape index (κ3) is 3.51. The van der Waals surface area contributed by atoms with E-state index in [4.69, 9.17) is 5.73 Å². The van der Waals surface area contributed by atoms with Crippen LogP contribution in [0.5, 0.6) is 0 Å². The number of nitriles is 1. The van der Waals surface area contributed by atoms with Crippen molar-refractivity contribution in [3.05, 3.63) is 42.0 Å². The Bertz CT molecular complexity index is 837. The van der Waals surface area contributed by atoms with E-state index in [1.54, 1.807) is 11.8 Å². The molecule has 0 aromatic heterocycles. The Morgan fingerprint density at radius 1 is 1.23 bits per heavy atom. The maximum absolute atomic E-state index is 9.43. The number of likely N-dealkylation sites (tertiary alicyclic amines) is 1. The maximum atomic E-state index is 9.43. The molecule has 5 nitrogen and oxygen atoms in total. The minimum Gasteiger partial charge on any atom is -0.380 e. The lowest BCUT2D eigenvalue weighted by Crippen LogP contribution is -2.41. The molecule has 0 atom stereocenters. The van der Waals surface area contributed by atoms with Crippen LogP contribution >= 0.6 is 11.8 Å². The van der Waals surface area contributed by atoms with Crippen molar-refractivity contribution >= 4 is 28.8 Å². The van der Waals surface area contributed by atoms with Crippen molar-refractivity contribution in [1.82, 2.24) is 4.90 Å². The second kappa shape index (κ2) is 7.58. The van der Waals surface area contributed by atoms with Gasteiger partial charge in [-0.25, -0.2) is 0 Å². The van der Waals surface area contributed by atoms with Gasteiger partial charge in [0.15, 0.2) is 0 Å². The van der Waals surface area contributed by atoms with Gasteiger partial charge in [-0.15, -0.1) is 0 Å². The number of fused-ring (bicyclic) bond motifs is 2. The molecule has 2 aromatic carbocycles. The first-order chi connectivity index (χ1) is 12.8. The largest absolute Gasteiger partial charge is 0.380 e. The summed E-state index contributed by atoms with van der Waals surface area (Å²) in [4.78, 5) is 4.71. The molecule has 1 fully saturated rings. The van der Waals surface area contributed by atoms with E-state index in [0.717, 1.165) is 61.0 Å². The van der Waals surface area contributed by atoms with E-state index >= 15 is 0 Å². The van der Waals surface area contributed by atoms with E-state index in [1.165, 1.54) is 4.90 Å². The van der Waals surface area contributed by atoms with E-state index in [-0.39, 0.29) is 0 Å². The van der Waals surface area contributed by atoms with Crippen molar-refractivity contribution in [1.29, 1.82) is 5.26 Å². The van der Waals surface area contributed by atoms with Crippen LogP contribution in [0.3, 0.4) is 0 Å². The molecule has 2 aliphatic heterocycles. The first-order valence-corrected chi connectivity index (χ1v) is 9.89. The second-order valence-corrected chi connectivity index (χ2v) is 7.86. The van der Waals surface area contributed by atoms with Crippen LogP contribution in [0.25, 0.3) is 0 Å². The highest BCUT2D eigenvalue weighted by Crippen LogP contribution is 2.47. The highest BCUT2D eigenvalue weighted by molar-refractivity contribution is 7.99. The summed E-state index contributed by atoms with van der Waals surface area (Å²) in [7, 11) is 0. The molecule has 2 heterocycles. The summed E-state index contributed by atoms with van der Waals surface area (Å²) >= 11 is 1.72. The average molecular weight is 366 g/mol. The van der Waals surface area contributed by atoms with E-state index in [2.05, 4.69) is 33.7 Å². The van der Waals surface area contributed by atoms with Gasteiger partial charge < -0.3 is 21.3 Å². The summed E-state index contributed by atoms with van der Waals surface area (Å²) in [5, 5.41) is 16.7. The number of hydrogen-bond donors (Lipinski definition) is 3. The summed E-state index contributed by atoms with van der Waals surface area (Å²) in [6, 6.07) is 14.9. The Balaban J connectivity index is 1.57. The first-order valence-electron chi connectivity index (χ1n) is 9.08. The van der Waals surface area contributed by atoms with Gasteiger partial charge in [0, 0.05) is 42.0 Å². The first kappa shape index (κ1) is 17.2. The highest BCUT2D eigenvalue weighted by Gasteiger charge is 2.23. The SMILES string of the molecule is N#Cc1cc(NC2CCN(CCN)CC2)c2c(c1)Sc1ccccc1N2. The second-order valence-electron chi connectivity index (χ2n) is 6.78. The molecule has 6 heteroatoms. The number of anilines is 3. The smallest absolute Gasteiger partial charge is 0.0992 e. The van der Waals surface area contributed by atoms with Crippen LogP contribution in [0.2, 0.25) is 0 Å². The lowest BCUT2D eigenvalue weighted by atomic mass is 10.0. The van der Waals surface area contributed by atoms with Crippen molar-refractivity contribution in [2.45, 2.75) is 28.7 Å². The Morgan fingerprint density at radius 2 is 2.04 bits per heavy atom. The van der Waals surface area contributed by atoms with E-state index < -0.39 is 0 Å². The molecule has 0 amide bonds. The van der Waals surface area contributed by atoms with Gasteiger partial charge >= 0.3 is 0 Å². The fourth-order valence-electron chi connectivity index (χ4n) is 3.62. The van der Waals surface area contributed by atoms with Crippen LogP contribution in [-0.2, 0) is 0 Å². The zero-order chi connectivity index (χ0) is 17.9. The molecule has 4 rings (SSSR count). The number of nitrogens with zero attached hydrogens (tertiary/aromatic N) is 2. The molecule has 0 saturated carbocycles. The van der Waals surface area contributed by atoms with Gasteiger partial charge in [0.05, 0.1) is 28.7 Å². The molecule has 0 spiro atoms. The van der Waals surface area contributed by atoms with Crippen molar-refractivity contribution in [3.63, 3.8) is 0 Å². The van der Waals surface area contributed by atoms with Crippen molar-refractivity contribution in [2.75, 3.05) is 36.8 Å². The number of piperidine rings is 1. The summed E-state index contributed by atoms with van der Waals surface area (Å²) in [5.41, 5.74) is 9.59. The van der Waals surface area contributed by atoms with Crippen LogP contribution < -0.4 is 16.4 Å². The fraction of sp³-hybridized carbons (Fsp3) is 0.350. The van der Waals surface area contributed by atoms with E-state index in [9.17, 15) is 5.26 Å². The molecule has 0 aliphatic carbocycles. The molecular weight excluding hydrogens is 342 g/mol. The predicted octanol–water partition coefficient (Wildman–Crippen LogP) is 3.60. The van der Waals surface area contributed by atoms with E-state index in [1.807, 2.05) is 24.3 Å². The van der Waals surface area contributed by atoms with Gasteiger partial charge in [-0.05, 0) is 37.1 Å². The zero-order valence-electron chi connectivity index (χ0n) is 14.7. The van der Waals surface area contributed by atoms with Gasteiger partial charge in [0.25, 0.3) is 0 Å². The van der Waals surface area contributed by atoms with Gasteiger partial charge in [0.1, 0.15) is 0 Å². The van der Waals surface area contributed by atoms with Crippen molar-refractivity contribution in [2.24, 2.45) is 5.73 Å². The Hall–Kier alpha value is -2.20. The van der Waals surface area contributed by atoms with Crippen LogP contribution in [0.15, 0.2) is 46.2 Å². The summed E-state index contributed by atoms with van der Waals surface area (Å²) in [6.45, 7) is 3.83. The minimum absolute atomic E-state index is 0.422. The monoisotopic (exact) mass is 365 g/mol. The van der Waals surface area contributed by atoms with Gasteiger partial charge in [0.2, 0.25) is 0 Å². The normalized spacial score (nSPS) is 16.9. The zero-order valence-corrected chi connectivity index (χ0v) is 15.5. The standard InChI is InChI=1S/C20H23N5S/c21-7-10-25-8-5-15(6-9-25)23-17-11-14(13-22)12-19-20(17)24-16-3-1-2-4-18(16)26-19/h1-4,11-12,15,23-24H,5-10,21H2. The Morgan fingerprint density at radius 3 is 2.81 bits per heavy atom. The fourth-order valence-corrected chi connectivity index (χ4v) is 4.68. The topological polar surface area (TPSA) is 77.1 Å². The van der Waals surface area contributed by atoms with Crippen LogP contribution in [0.4, 0.5) is 17.1 Å². The Labute approximate surface area is 158 Å². The average Bonchev–Trinajstić information content (AvgIpc) is 2.68. The molecule has 2 aliphatic rings. The summed E-state index contributed by atoms with van der Waals surface area (Å²) < 4.78 is 0. The lowest BCUT2D eigenvalue weighted by molar-refractivity contribution is 0.225. The van der Waals surface area contributed by atoms with Crippen molar-refractivity contribution in [3.8, 4) is 6.07 Å². The van der Waals surface area contributed by atoms with Gasteiger partial charge in [-0.3, -0.25) is 0 Å². The molecule has 2 aromatic rings. The molecule has 1 saturated heterocycles. The minimum atomic E-state index is 0.422. The summed E-state index contributed by atoms with van der Waals surface area (Å²) in [5.74, 6) is 0. The van der Waals surface area contributed by atoms with Crippen LogP contribution in [-0.4, -0.2) is 37.1 Å². The van der Waals surface area contributed by atoms with E-state index in [0.29, 0.717) is 11.6 Å². The molecule has 26 heavy (non-hydrogen) atoms. The molecular formula is C20H23N5S. The lowest BCUT2D eigenvalue weighted by Gasteiger charge is -2.33. The number of rotatable bonds is 4. The third-order valence-corrected chi connectivity index (χ3v) is 6.11. The van der Waals surface area contributed by atoms with Crippen LogP contribution in [0, 0.1) is 11.3 Å². The van der Waals surface area contributed by atoms with Gasteiger partial charge in [-0.1, -0.05) is 23.9 Å². The molecule has 134 valence electrons. The number of benzene rings is 2. The highest BCUT2D eigenvalue weighted by atomic mass is 32.2. The molecule has 0 unspecified atom stereocenters. The third-order valence-electron chi connectivity index (χ3n) is 4.99. The number of hydrogen-bond acceptors (Lipinski definition) is 6. The molecule has 0 bridgehead atoms.